The molecule has 2 N–H and O–H groups in total. The van der Waals surface area contributed by atoms with E-state index in [9.17, 15) is 4.79 Å². The average molecular weight is 908 g/mol. The summed E-state index contributed by atoms with van der Waals surface area (Å²) in [7, 11) is 5.95. The molecule has 1 amide bonds. The standard InChI is InChI=1S/C49H49F2N10O4Si/c1-24-17-31(18-25(2)39(24)50)61-42(43-53-27(4)41(54-43)32-10-12-36-33(40(32)51)22-52-58(36)8)38-28(5)59(15-13-34(38)56-61)44(62)37-20-29-19-30(48(66)14-16-64-47(6,7)23-48)9-11-35(29)60(37)49(21-26(49)3)45-55-46(63)65-57-45/h9-12,17-20,22,26,28H,13-16,21,23H2,1-8H3,(H,53,54)(H,55,57,63)/t26-,28-,48-,49-/m0/s1. The number of amides is 1. The number of nitrogens with one attached hydrogen (secondary N) is 2. The lowest BCUT2D eigenvalue weighted by atomic mass is 9.82. The predicted octanol–water partition coefficient (Wildman–Crippen LogP) is 8.15. The van der Waals surface area contributed by atoms with Gasteiger partial charge in [0.25, 0.3) is 5.91 Å². The van der Waals surface area contributed by atoms with Crippen molar-refractivity contribution in [1.29, 1.82) is 0 Å². The van der Waals surface area contributed by atoms with Crippen molar-refractivity contribution in [1.82, 2.24) is 49.1 Å². The van der Waals surface area contributed by atoms with Crippen LogP contribution in [-0.2, 0) is 28.8 Å². The van der Waals surface area contributed by atoms with Gasteiger partial charge in [0.2, 0.25) is 0 Å². The molecule has 5 aromatic heterocycles. The fourth-order valence-electron chi connectivity index (χ4n) is 11.1. The number of ether oxygens (including phenoxy) is 1. The first-order chi connectivity index (χ1) is 31.4. The molecule has 0 bridgehead atoms. The molecule has 1 aliphatic carbocycles. The number of H-pyrrole nitrogens is 2. The molecular formula is C49H49F2N10O4Si. The van der Waals surface area contributed by atoms with Crippen LogP contribution in [-0.4, -0.2) is 84.0 Å². The molecule has 1 saturated heterocycles. The quantitative estimate of drug-likeness (QED) is 0.152. The second kappa shape index (κ2) is 14.5. The molecule has 3 radical (unpaired) electrons. The summed E-state index contributed by atoms with van der Waals surface area (Å²) in [6.45, 7) is 14.5. The van der Waals surface area contributed by atoms with Crippen LogP contribution in [0.5, 0.6) is 0 Å². The number of rotatable bonds is 7. The van der Waals surface area contributed by atoms with Crippen LogP contribution in [0.25, 0.3) is 50.3 Å². The van der Waals surface area contributed by atoms with Crippen LogP contribution < -0.4 is 5.76 Å². The number of halogens is 2. The first-order valence-electron chi connectivity index (χ1n) is 22.4. The SMILES string of the molecule is Cc1cc(-n2nc3c(c2-c2nc(-c4ccc5c(cnn5C)c4F)c(C)[nH]2)[C@H](C)N(C(=O)c2cc4cc([C@]5([Si])CCOC(C)(C)C5)ccc4n2[C@@]2(c4noc(=O)[nH]4)C[C@@H]2C)CC3)cc(C)c1F. The highest BCUT2D eigenvalue weighted by molar-refractivity contribution is 6.16. The molecule has 66 heavy (non-hydrogen) atoms. The van der Waals surface area contributed by atoms with Crippen LogP contribution in [0.1, 0.15) is 103 Å². The van der Waals surface area contributed by atoms with Gasteiger partial charge in [-0.05, 0) is 131 Å². The molecule has 0 unspecified atom stereocenters. The zero-order valence-electron chi connectivity index (χ0n) is 38.1. The zero-order chi connectivity index (χ0) is 46.4. The van der Waals surface area contributed by atoms with E-state index in [-0.39, 0.29) is 28.3 Å². The summed E-state index contributed by atoms with van der Waals surface area (Å²) >= 11 is 0. The van der Waals surface area contributed by atoms with Crippen molar-refractivity contribution in [2.45, 2.75) is 96.4 Å². The Labute approximate surface area is 381 Å². The number of imidazole rings is 1. The van der Waals surface area contributed by atoms with Crippen molar-refractivity contribution in [3.05, 3.63) is 122 Å². The number of aromatic amines is 2. The van der Waals surface area contributed by atoms with E-state index < -0.39 is 23.2 Å². The highest BCUT2D eigenvalue weighted by atomic mass is 28.1. The van der Waals surface area contributed by atoms with Gasteiger partial charge in [-0.1, -0.05) is 18.1 Å². The van der Waals surface area contributed by atoms with Crippen molar-refractivity contribution in [3.63, 3.8) is 0 Å². The molecule has 1 saturated carbocycles. The molecule has 2 fully saturated rings. The van der Waals surface area contributed by atoms with Gasteiger partial charge in [0.15, 0.2) is 11.6 Å². The molecule has 2 aliphatic heterocycles. The van der Waals surface area contributed by atoms with E-state index in [1.807, 2.05) is 35.4 Å². The highest BCUT2D eigenvalue weighted by Crippen LogP contribution is 2.56. The van der Waals surface area contributed by atoms with Crippen molar-refractivity contribution in [2.24, 2.45) is 13.0 Å². The molecule has 7 heterocycles. The maximum atomic E-state index is 16.3. The second-order valence-electron chi connectivity index (χ2n) is 19.4. The monoisotopic (exact) mass is 907 g/mol. The summed E-state index contributed by atoms with van der Waals surface area (Å²) in [6.07, 6.45) is 4.07. The molecule has 337 valence electrons. The smallest absolute Gasteiger partial charge is 0.376 e. The molecule has 8 aromatic rings. The van der Waals surface area contributed by atoms with Gasteiger partial charge in [-0.3, -0.25) is 19.0 Å². The first kappa shape index (κ1) is 42.2. The number of benzene rings is 3. The van der Waals surface area contributed by atoms with Crippen molar-refractivity contribution < 1.29 is 22.8 Å². The number of fused-ring (bicyclic) bond motifs is 3. The van der Waals surface area contributed by atoms with Gasteiger partial charge in [0.05, 0.1) is 45.8 Å². The Morgan fingerprint density at radius 1 is 0.985 bits per heavy atom. The summed E-state index contributed by atoms with van der Waals surface area (Å²) in [5, 5.41) is 14.5. The van der Waals surface area contributed by atoms with E-state index in [1.54, 1.807) is 48.5 Å². The van der Waals surface area contributed by atoms with Crippen LogP contribution in [0.2, 0.25) is 0 Å². The number of carbonyl (C=O) groups excluding carboxylic acids is 1. The third-order valence-electron chi connectivity index (χ3n) is 14.5. The minimum Gasteiger partial charge on any atom is -0.376 e. The number of carbonyl (C=O) groups is 1. The number of aryl methyl sites for hydroxylation is 4. The van der Waals surface area contributed by atoms with Crippen LogP contribution >= 0.6 is 0 Å². The predicted molar refractivity (Wildman–Crippen MR) is 245 cm³/mol. The Kier molecular flexibility index (Phi) is 9.28. The fourth-order valence-corrected chi connectivity index (χ4v) is 11.7. The van der Waals surface area contributed by atoms with E-state index in [4.69, 9.17) is 19.3 Å². The van der Waals surface area contributed by atoms with Gasteiger partial charge >= 0.3 is 5.76 Å². The third-order valence-corrected chi connectivity index (χ3v) is 15.2. The van der Waals surface area contributed by atoms with Crippen LogP contribution in [0.4, 0.5) is 8.78 Å². The van der Waals surface area contributed by atoms with Crippen molar-refractivity contribution >= 4 is 38.0 Å². The van der Waals surface area contributed by atoms with Gasteiger partial charge in [-0.2, -0.15) is 10.2 Å². The lowest BCUT2D eigenvalue weighted by Gasteiger charge is -2.43. The van der Waals surface area contributed by atoms with E-state index in [0.29, 0.717) is 93.7 Å². The molecule has 17 heteroatoms. The third kappa shape index (κ3) is 6.25. The summed E-state index contributed by atoms with van der Waals surface area (Å²) in [4.78, 5) is 41.3. The van der Waals surface area contributed by atoms with Crippen molar-refractivity contribution in [2.75, 3.05) is 13.2 Å². The molecular weight excluding hydrogens is 859 g/mol. The Hall–Kier alpha value is -6.46. The topological polar surface area (TPSA) is 158 Å². The molecule has 14 nitrogen and oxygen atoms in total. The number of aromatic nitrogens is 9. The molecule has 11 rings (SSSR count). The molecule has 3 aromatic carbocycles. The Bertz CT molecular complexity index is 3370. The van der Waals surface area contributed by atoms with Gasteiger partial charge in [0, 0.05) is 64.6 Å². The number of nitrogens with zero attached hydrogens (tertiary/aromatic N) is 8. The largest absolute Gasteiger partial charge is 0.438 e. The second-order valence-corrected chi connectivity index (χ2v) is 20.3. The van der Waals surface area contributed by atoms with E-state index in [0.717, 1.165) is 40.6 Å². The Morgan fingerprint density at radius 2 is 1.73 bits per heavy atom. The number of hydrogen-bond acceptors (Lipinski definition) is 8. The van der Waals surface area contributed by atoms with Crippen molar-refractivity contribution in [3.8, 4) is 28.5 Å². The molecule has 3 aliphatic rings. The van der Waals surface area contributed by atoms with Gasteiger partial charge < -0.3 is 19.2 Å². The summed E-state index contributed by atoms with van der Waals surface area (Å²) < 4.78 is 48.0. The lowest BCUT2D eigenvalue weighted by Crippen LogP contribution is -2.44. The van der Waals surface area contributed by atoms with E-state index in [2.05, 4.69) is 69.4 Å². The molecule has 0 spiro atoms. The maximum absolute atomic E-state index is 16.3. The Morgan fingerprint density at radius 3 is 2.42 bits per heavy atom. The highest BCUT2D eigenvalue weighted by Gasteiger charge is 2.59. The van der Waals surface area contributed by atoms with Crippen LogP contribution in [0.3, 0.4) is 0 Å². The van der Waals surface area contributed by atoms with Gasteiger partial charge in [-0.15, -0.1) is 0 Å². The van der Waals surface area contributed by atoms with E-state index >= 15 is 13.6 Å². The minimum absolute atomic E-state index is 0.0106. The van der Waals surface area contributed by atoms with Crippen LogP contribution in [0, 0.1) is 38.3 Å². The Balaban J connectivity index is 1.06. The summed E-state index contributed by atoms with van der Waals surface area (Å²) in [5.74, 6) is -0.822. The molecule has 4 atom stereocenters. The normalized spacial score (nSPS) is 22.7. The maximum Gasteiger partial charge on any atom is 0.438 e. The minimum atomic E-state index is -0.846. The van der Waals surface area contributed by atoms with E-state index in [1.165, 1.54) is 6.20 Å². The zero-order valence-corrected chi connectivity index (χ0v) is 39.1. The van der Waals surface area contributed by atoms with Gasteiger partial charge in [-0.25, -0.2) is 23.2 Å². The number of hydrogen-bond donors (Lipinski definition) is 2. The fraction of sp³-hybridized carbons (Fsp3) is 0.388. The summed E-state index contributed by atoms with van der Waals surface area (Å²) in [6, 6.07) is 14.8. The van der Waals surface area contributed by atoms with Crippen LogP contribution in [0.15, 0.2) is 64.0 Å². The lowest BCUT2D eigenvalue weighted by molar-refractivity contribution is -0.0669. The average Bonchev–Trinajstić information content (AvgIpc) is 3.90. The summed E-state index contributed by atoms with van der Waals surface area (Å²) in [5.41, 5.74) is 6.83. The first-order valence-corrected chi connectivity index (χ1v) is 22.9. The van der Waals surface area contributed by atoms with Gasteiger partial charge in [0.1, 0.15) is 28.6 Å².